The lowest BCUT2D eigenvalue weighted by molar-refractivity contribution is 0.297. The van der Waals surface area contributed by atoms with E-state index in [0.29, 0.717) is 0 Å². The summed E-state index contributed by atoms with van der Waals surface area (Å²) < 4.78 is 11.4. The highest BCUT2D eigenvalue weighted by molar-refractivity contribution is 5.43. The Balaban J connectivity index is 1.48. The van der Waals surface area contributed by atoms with Gasteiger partial charge in [0.15, 0.2) is 11.5 Å². The molecule has 1 aliphatic carbocycles. The van der Waals surface area contributed by atoms with Crippen molar-refractivity contribution in [1.29, 1.82) is 0 Å². The zero-order valence-electron chi connectivity index (χ0n) is 12.0. The standard InChI is InChI=1S/C17H23NO2/c1-2-5-14(4-1)8-9-18-13-15-6-7-16-17(12-15)20-11-3-10-19-16/h4,6-7,12,18H,1-3,5,8-11,13H2. The maximum absolute atomic E-state index is 5.71. The number of fused-ring (bicyclic) bond motifs is 1. The number of nitrogens with one attached hydrogen (secondary N) is 1. The fourth-order valence-electron chi connectivity index (χ4n) is 2.76. The second-order valence-electron chi connectivity index (χ2n) is 5.51. The van der Waals surface area contributed by atoms with Gasteiger partial charge in [0.2, 0.25) is 0 Å². The van der Waals surface area contributed by atoms with Crippen molar-refractivity contribution in [1.82, 2.24) is 5.32 Å². The largest absolute Gasteiger partial charge is 0.490 e. The molecule has 0 radical (unpaired) electrons. The lowest BCUT2D eigenvalue weighted by atomic mass is 10.1. The van der Waals surface area contributed by atoms with Gasteiger partial charge >= 0.3 is 0 Å². The van der Waals surface area contributed by atoms with Gasteiger partial charge in [0.1, 0.15) is 0 Å². The highest BCUT2D eigenvalue weighted by Gasteiger charge is 2.10. The summed E-state index contributed by atoms with van der Waals surface area (Å²) >= 11 is 0. The molecule has 2 aliphatic rings. The zero-order chi connectivity index (χ0) is 13.6. The van der Waals surface area contributed by atoms with Crippen molar-refractivity contribution in [2.24, 2.45) is 0 Å². The molecule has 0 spiro atoms. The smallest absolute Gasteiger partial charge is 0.161 e. The molecule has 0 saturated heterocycles. The second kappa shape index (κ2) is 6.80. The summed E-state index contributed by atoms with van der Waals surface area (Å²) in [6, 6.07) is 6.25. The van der Waals surface area contributed by atoms with Gasteiger partial charge in [-0.2, -0.15) is 0 Å². The third-order valence-corrected chi connectivity index (χ3v) is 3.90. The first-order chi connectivity index (χ1) is 9.92. The predicted octanol–water partition coefficient (Wildman–Crippen LogP) is 3.44. The summed E-state index contributed by atoms with van der Waals surface area (Å²) in [5, 5.41) is 3.51. The summed E-state index contributed by atoms with van der Waals surface area (Å²) in [5.74, 6) is 1.77. The van der Waals surface area contributed by atoms with Crippen LogP contribution in [0.5, 0.6) is 11.5 Å². The van der Waals surface area contributed by atoms with Crippen LogP contribution >= 0.6 is 0 Å². The average molecular weight is 273 g/mol. The minimum atomic E-state index is 0.748. The summed E-state index contributed by atoms with van der Waals surface area (Å²) in [4.78, 5) is 0. The molecule has 0 saturated carbocycles. The van der Waals surface area contributed by atoms with E-state index in [-0.39, 0.29) is 0 Å². The highest BCUT2D eigenvalue weighted by atomic mass is 16.5. The van der Waals surface area contributed by atoms with Crippen molar-refractivity contribution in [2.45, 2.75) is 38.6 Å². The molecule has 1 heterocycles. The Morgan fingerprint density at radius 3 is 2.80 bits per heavy atom. The van der Waals surface area contributed by atoms with Crippen LogP contribution < -0.4 is 14.8 Å². The fourth-order valence-corrected chi connectivity index (χ4v) is 2.76. The van der Waals surface area contributed by atoms with Crippen molar-refractivity contribution < 1.29 is 9.47 Å². The van der Waals surface area contributed by atoms with Crippen LogP contribution in [0.3, 0.4) is 0 Å². The molecule has 3 rings (SSSR count). The third kappa shape index (κ3) is 3.54. The zero-order valence-corrected chi connectivity index (χ0v) is 12.0. The van der Waals surface area contributed by atoms with E-state index in [4.69, 9.17) is 9.47 Å². The van der Waals surface area contributed by atoms with Gasteiger partial charge in [-0.3, -0.25) is 0 Å². The Kier molecular flexibility index (Phi) is 4.59. The molecule has 108 valence electrons. The van der Waals surface area contributed by atoms with Crippen LogP contribution in [0.1, 0.15) is 37.7 Å². The Hall–Kier alpha value is -1.48. The van der Waals surface area contributed by atoms with E-state index in [9.17, 15) is 0 Å². The molecule has 1 N–H and O–H groups in total. The maximum atomic E-state index is 5.71. The van der Waals surface area contributed by atoms with Crippen LogP contribution in [0, 0.1) is 0 Å². The predicted molar refractivity (Wildman–Crippen MR) is 80.3 cm³/mol. The van der Waals surface area contributed by atoms with E-state index in [1.54, 1.807) is 5.57 Å². The molecular formula is C17H23NO2. The van der Waals surface area contributed by atoms with Gasteiger partial charge in [-0.1, -0.05) is 17.7 Å². The van der Waals surface area contributed by atoms with Crippen LogP contribution in [-0.2, 0) is 6.54 Å². The first kappa shape index (κ1) is 13.5. The molecule has 1 aromatic carbocycles. The van der Waals surface area contributed by atoms with Crippen LogP contribution in [0.4, 0.5) is 0 Å². The molecule has 3 nitrogen and oxygen atoms in total. The molecule has 1 aliphatic heterocycles. The molecule has 0 fully saturated rings. The lowest BCUT2D eigenvalue weighted by Gasteiger charge is -2.10. The minimum absolute atomic E-state index is 0.748. The summed E-state index contributed by atoms with van der Waals surface area (Å²) in [6.45, 7) is 3.45. The first-order valence-corrected chi connectivity index (χ1v) is 7.69. The Labute approximate surface area is 121 Å². The summed E-state index contributed by atoms with van der Waals surface area (Å²) in [6.07, 6.45) is 8.46. The van der Waals surface area contributed by atoms with E-state index in [1.165, 1.54) is 31.2 Å². The topological polar surface area (TPSA) is 30.5 Å². The number of rotatable bonds is 5. The van der Waals surface area contributed by atoms with E-state index in [0.717, 1.165) is 44.2 Å². The highest BCUT2D eigenvalue weighted by Crippen LogP contribution is 2.30. The normalized spacial score (nSPS) is 17.7. The van der Waals surface area contributed by atoms with E-state index >= 15 is 0 Å². The van der Waals surface area contributed by atoms with Crippen molar-refractivity contribution in [3.63, 3.8) is 0 Å². The van der Waals surface area contributed by atoms with Gasteiger partial charge in [-0.05, 0) is 49.9 Å². The Bertz CT molecular complexity index is 482. The van der Waals surface area contributed by atoms with Gasteiger partial charge in [-0.25, -0.2) is 0 Å². The molecule has 1 aromatic rings. The molecular weight excluding hydrogens is 250 g/mol. The number of ether oxygens (including phenoxy) is 2. The van der Waals surface area contributed by atoms with Gasteiger partial charge in [0.25, 0.3) is 0 Å². The quantitative estimate of drug-likeness (QED) is 0.658. The van der Waals surface area contributed by atoms with E-state index < -0.39 is 0 Å². The molecule has 0 bridgehead atoms. The summed E-state index contributed by atoms with van der Waals surface area (Å²) in [7, 11) is 0. The molecule has 0 amide bonds. The van der Waals surface area contributed by atoms with E-state index in [2.05, 4.69) is 23.5 Å². The maximum Gasteiger partial charge on any atom is 0.161 e. The van der Waals surface area contributed by atoms with Gasteiger partial charge in [0.05, 0.1) is 13.2 Å². The molecule has 3 heteroatoms. The molecule has 0 atom stereocenters. The first-order valence-electron chi connectivity index (χ1n) is 7.69. The summed E-state index contributed by atoms with van der Waals surface area (Å²) in [5.41, 5.74) is 2.88. The van der Waals surface area contributed by atoms with Crippen LogP contribution in [-0.4, -0.2) is 19.8 Å². The number of hydrogen-bond acceptors (Lipinski definition) is 3. The molecule has 0 unspecified atom stereocenters. The second-order valence-corrected chi connectivity index (χ2v) is 5.51. The Morgan fingerprint density at radius 1 is 1.05 bits per heavy atom. The lowest BCUT2D eigenvalue weighted by Crippen LogP contribution is -2.15. The minimum Gasteiger partial charge on any atom is -0.490 e. The van der Waals surface area contributed by atoms with Crippen LogP contribution in [0.2, 0.25) is 0 Å². The fraction of sp³-hybridized carbons (Fsp3) is 0.529. The third-order valence-electron chi connectivity index (χ3n) is 3.90. The van der Waals surface area contributed by atoms with Crippen LogP contribution in [0.25, 0.3) is 0 Å². The SMILES string of the molecule is C1=C(CCNCc2ccc3c(c2)OCCCO3)CCC1. The van der Waals surface area contributed by atoms with Gasteiger partial charge < -0.3 is 14.8 Å². The van der Waals surface area contributed by atoms with E-state index in [1.807, 2.05) is 6.07 Å². The van der Waals surface area contributed by atoms with Gasteiger partial charge in [-0.15, -0.1) is 0 Å². The Morgan fingerprint density at radius 2 is 1.95 bits per heavy atom. The van der Waals surface area contributed by atoms with Crippen molar-refractivity contribution in [3.8, 4) is 11.5 Å². The average Bonchev–Trinajstić information content (AvgIpc) is 2.87. The van der Waals surface area contributed by atoms with Crippen molar-refractivity contribution >= 4 is 0 Å². The number of benzene rings is 1. The van der Waals surface area contributed by atoms with Crippen molar-refractivity contribution in [2.75, 3.05) is 19.8 Å². The monoisotopic (exact) mass is 273 g/mol. The van der Waals surface area contributed by atoms with Crippen molar-refractivity contribution in [3.05, 3.63) is 35.4 Å². The molecule has 20 heavy (non-hydrogen) atoms. The molecule has 0 aromatic heterocycles. The van der Waals surface area contributed by atoms with Crippen LogP contribution in [0.15, 0.2) is 29.8 Å². The number of allylic oxidation sites excluding steroid dienone is 1. The number of hydrogen-bond donors (Lipinski definition) is 1. The van der Waals surface area contributed by atoms with Gasteiger partial charge in [0, 0.05) is 13.0 Å².